The third-order valence-electron chi connectivity index (χ3n) is 6.26. The first-order chi connectivity index (χ1) is 14.9. The van der Waals surface area contributed by atoms with Crippen LogP contribution in [-0.4, -0.2) is 18.2 Å². The zero-order valence-corrected chi connectivity index (χ0v) is 19.7. The molecule has 1 N–H and O–H groups in total. The minimum Gasteiger partial charge on any atom is -0.351 e. The van der Waals surface area contributed by atoms with Gasteiger partial charge in [-0.15, -0.1) is 0 Å². The van der Waals surface area contributed by atoms with Crippen molar-refractivity contribution < 1.29 is 4.79 Å². The smallest absolute Gasteiger partial charge is 0.267 e. The van der Waals surface area contributed by atoms with Crippen LogP contribution in [0, 0.1) is 11.8 Å². The number of carbonyl (C=O) groups excluding carboxylic acids is 1. The highest BCUT2D eigenvalue weighted by Gasteiger charge is 2.40. The Kier molecular flexibility index (Phi) is 7.10. The van der Waals surface area contributed by atoms with E-state index in [0.29, 0.717) is 38.9 Å². The summed E-state index contributed by atoms with van der Waals surface area (Å²) in [7, 11) is 0. The quantitative estimate of drug-likeness (QED) is 0.508. The van der Waals surface area contributed by atoms with E-state index in [1.165, 1.54) is 32.1 Å². The van der Waals surface area contributed by atoms with Gasteiger partial charge in [-0.3, -0.25) is 9.80 Å². The molecule has 2 atom stereocenters. The van der Waals surface area contributed by atoms with E-state index in [1.807, 2.05) is 42.3 Å². The molecule has 1 fully saturated rings. The molecule has 4 rings (SSSR count). The Bertz CT molecular complexity index is 971. The molecule has 0 radical (unpaired) electrons. The molecule has 1 aliphatic carbocycles. The van der Waals surface area contributed by atoms with Crippen molar-refractivity contribution in [3.8, 4) is 0 Å². The minimum absolute atomic E-state index is 0.107. The highest BCUT2D eigenvalue weighted by atomic mass is 35.5. The van der Waals surface area contributed by atoms with E-state index in [-0.39, 0.29) is 17.9 Å². The Morgan fingerprint density at radius 2 is 1.71 bits per heavy atom. The average Bonchev–Trinajstić information content (AvgIpc) is 3.10. The fraction of sp³-hybridized carbons (Fsp3) is 0.417. The van der Waals surface area contributed by atoms with Gasteiger partial charge in [0, 0.05) is 22.5 Å². The van der Waals surface area contributed by atoms with Gasteiger partial charge < -0.3 is 5.32 Å². The lowest BCUT2D eigenvalue weighted by molar-refractivity contribution is -0.115. The Hall–Kier alpha value is -1.75. The summed E-state index contributed by atoms with van der Waals surface area (Å²) in [4.78, 5) is 13.1. The van der Waals surface area contributed by atoms with E-state index in [4.69, 9.17) is 39.9 Å². The van der Waals surface area contributed by atoms with Gasteiger partial charge in [0.15, 0.2) is 0 Å². The summed E-state index contributed by atoms with van der Waals surface area (Å²) in [5, 5.41) is 11.4. The molecule has 164 valence electrons. The maximum absolute atomic E-state index is 13.1. The molecule has 4 nitrogen and oxygen atoms in total. The number of amides is 1. The summed E-state index contributed by atoms with van der Waals surface area (Å²) in [6, 6.07) is 12.8. The molecule has 2 aromatic carbocycles. The number of hydrogen-bond donors (Lipinski definition) is 1. The normalized spacial score (nSPS) is 21.8. The molecule has 1 heterocycles. The van der Waals surface area contributed by atoms with Gasteiger partial charge >= 0.3 is 0 Å². The minimum atomic E-state index is -0.175. The van der Waals surface area contributed by atoms with Crippen LogP contribution in [0.2, 0.25) is 15.1 Å². The molecule has 0 spiro atoms. The monoisotopic (exact) mass is 477 g/mol. The van der Waals surface area contributed by atoms with Crippen molar-refractivity contribution in [2.75, 3.05) is 11.6 Å². The number of benzene rings is 2. The van der Waals surface area contributed by atoms with Crippen LogP contribution in [0.5, 0.6) is 0 Å². The van der Waals surface area contributed by atoms with Gasteiger partial charge in [0.1, 0.15) is 5.71 Å². The number of rotatable bonds is 5. The molecular weight excluding hydrogens is 453 g/mol. The maximum Gasteiger partial charge on any atom is 0.267 e. The first-order valence-electron chi connectivity index (χ1n) is 10.8. The molecule has 0 aromatic heterocycles. The van der Waals surface area contributed by atoms with Gasteiger partial charge in [0.25, 0.3) is 5.91 Å². The standard InChI is InChI=1S/C24H26Cl3N3O/c1-15-22(24(31)28-14-16-5-3-2-4-6-16)29-30(21-12-11-19(26)13-20(21)27)23(15)17-7-9-18(25)10-8-17/h7-13,15-16,23H,2-6,14H2,1H3,(H,28,31)/t15-,23+/m1/s1. The SMILES string of the molecule is C[C@@H]1C(C(=O)NCC2CCCCC2)=NN(c2ccc(Cl)cc2Cl)[C@@H]1c1ccc(Cl)cc1. The van der Waals surface area contributed by atoms with E-state index < -0.39 is 0 Å². The van der Waals surface area contributed by atoms with Crippen LogP contribution in [-0.2, 0) is 4.79 Å². The Balaban J connectivity index is 1.62. The average molecular weight is 479 g/mol. The predicted octanol–water partition coefficient (Wildman–Crippen LogP) is 6.90. The second-order valence-electron chi connectivity index (χ2n) is 8.42. The largest absolute Gasteiger partial charge is 0.351 e. The fourth-order valence-electron chi connectivity index (χ4n) is 4.56. The fourth-order valence-corrected chi connectivity index (χ4v) is 5.18. The van der Waals surface area contributed by atoms with E-state index in [1.54, 1.807) is 12.1 Å². The van der Waals surface area contributed by atoms with E-state index in [0.717, 1.165) is 5.56 Å². The second kappa shape index (κ2) is 9.81. The van der Waals surface area contributed by atoms with Crippen molar-refractivity contribution in [1.82, 2.24) is 5.32 Å². The zero-order valence-electron chi connectivity index (χ0n) is 17.5. The molecular formula is C24H26Cl3N3O. The molecule has 7 heteroatoms. The Morgan fingerprint density at radius 3 is 2.39 bits per heavy atom. The van der Waals surface area contributed by atoms with Crippen molar-refractivity contribution in [2.24, 2.45) is 16.9 Å². The summed E-state index contributed by atoms with van der Waals surface area (Å²) in [6.07, 6.45) is 6.16. The number of halogens is 3. The second-order valence-corrected chi connectivity index (χ2v) is 9.70. The molecule has 1 aliphatic heterocycles. The first-order valence-corrected chi connectivity index (χ1v) is 11.9. The number of hydrazone groups is 1. The van der Waals surface area contributed by atoms with Gasteiger partial charge in [-0.05, 0) is 54.7 Å². The molecule has 0 bridgehead atoms. The van der Waals surface area contributed by atoms with E-state index in [2.05, 4.69) is 5.32 Å². The Labute approximate surface area is 198 Å². The van der Waals surface area contributed by atoms with Crippen LogP contribution in [0.3, 0.4) is 0 Å². The van der Waals surface area contributed by atoms with Crippen LogP contribution in [0.4, 0.5) is 5.69 Å². The first kappa shape index (κ1) is 22.4. The molecule has 0 unspecified atom stereocenters. The van der Waals surface area contributed by atoms with Gasteiger partial charge in [-0.25, -0.2) is 0 Å². The molecule has 31 heavy (non-hydrogen) atoms. The van der Waals surface area contributed by atoms with Gasteiger partial charge in [0.2, 0.25) is 0 Å². The molecule has 1 saturated carbocycles. The van der Waals surface area contributed by atoms with Crippen LogP contribution >= 0.6 is 34.8 Å². The molecule has 2 aromatic rings. The summed E-state index contributed by atoms with van der Waals surface area (Å²) in [6.45, 7) is 2.74. The molecule has 0 saturated heterocycles. The topological polar surface area (TPSA) is 44.7 Å². The highest BCUT2D eigenvalue weighted by Crippen LogP contribution is 2.42. The summed E-state index contributed by atoms with van der Waals surface area (Å²) in [5.41, 5.74) is 2.25. The zero-order chi connectivity index (χ0) is 22.0. The van der Waals surface area contributed by atoms with Crippen LogP contribution in [0.15, 0.2) is 47.6 Å². The lowest BCUT2D eigenvalue weighted by atomic mass is 9.88. The maximum atomic E-state index is 13.1. The number of hydrogen-bond acceptors (Lipinski definition) is 3. The third-order valence-corrected chi connectivity index (χ3v) is 7.05. The molecule has 1 amide bonds. The summed E-state index contributed by atoms with van der Waals surface area (Å²) < 4.78 is 0. The van der Waals surface area contributed by atoms with Crippen LogP contribution in [0.25, 0.3) is 0 Å². The van der Waals surface area contributed by atoms with Crippen LogP contribution < -0.4 is 10.3 Å². The highest BCUT2D eigenvalue weighted by molar-refractivity contribution is 6.41. The third kappa shape index (κ3) is 5.02. The number of nitrogens with zero attached hydrogens (tertiary/aromatic N) is 2. The van der Waals surface area contributed by atoms with Crippen molar-refractivity contribution in [3.05, 3.63) is 63.1 Å². The van der Waals surface area contributed by atoms with Gasteiger partial charge in [0.05, 0.1) is 16.8 Å². The molecule has 2 aliphatic rings. The van der Waals surface area contributed by atoms with Crippen molar-refractivity contribution in [3.63, 3.8) is 0 Å². The number of nitrogens with one attached hydrogen (secondary N) is 1. The van der Waals surface area contributed by atoms with Crippen molar-refractivity contribution in [2.45, 2.75) is 45.1 Å². The van der Waals surface area contributed by atoms with Crippen molar-refractivity contribution in [1.29, 1.82) is 0 Å². The number of carbonyl (C=O) groups is 1. The van der Waals surface area contributed by atoms with Crippen LogP contribution in [0.1, 0.15) is 50.6 Å². The van der Waals surface area contributed by atoms with Gasteiger partial charge in [-0.1, -0.05) is 73.1 Å². The lowest BCUT2D eigenvalue weighted by Gasteiger charge is -2.27. The number of anilines is 1. The lowest BCUT2D eigenvalue weighted by Crippen LogP contribution is -2.37. The van der Waals surface area contributed by atoms with Crippen molar-refractivity contribution >= 4 is 52.1 Å². The summed E-state index contributed by atoms with van der Waals surface area (Å²) >= 11 is 18.7. The predicted molar refractivity (Wildman–Crippen MR) is 129 cm³/mol. The summed E-state index contributed by atoms with van der Waals surface area (Å²) in [5.74, 6) is 0.327. The van der Waals surface area contributed by atoms with Gasteiger partial charge in [-0.2, -0.15) is 5.10 Å². The van der Waals surface area contributed by atoms with E-state index in [9.17, 15) is 4.79 Å². The Morgan fingerprint density at radius 1 is 1.03 bits per heavy atom. The van der Waals surface area contributed by atoms with E-state index >= 15 is 0 Å².